The third kappa shape index (κ3) is 4.02. The van der Waals surface area contributed by atoms with E-state index in [0.29, 0.717) is 27.7 Å². The molecule has 8 heteroatoms. The molecule has 1 aliphatic heterocycles. The van der Waals surface area contributed by atoms with Crippen LogP contribution in [0, 0.1) is 18.3 Å². The van der Waals surface area contributed by atoms with Crippen LogP contribution in [0.5, 0.6) is 0 Å². The average molecular weight is 432 g/mol. The summed E-state index contributed by atoms with van der Waals surface area (Å²) in [5.74, 6) is -1.13. The Bertz CT molecular complexity index is 1050. The van der Waals surface area contributed by atoms with Crippen LogP contribution in [-0.2, 0) is 16.0 Å². The second kappa shape index (κ2) is 8.27. The lowest BCUT2D eigenvalue weighted by Crippen LogP contribution is -2.31. The summed E-state index contributed by atoms with van der Waals surface area (Å²) >= 11 is 13.4. The average Bonchev–Trinajstić information content (AvgIpc) is 2.94. The molecule has 0 unspecified atom stereocenters. The number of halogens is 2. The number of thioether (sulfide) groups is 1. The summed E-state index contributed by atoms with van der Waals surface area (Å²) in [6, 6.07) is 14.1. The minimum atomic E-state index is -0.878. The Balaban J connectivity index is 2.07. The van der Waals surface area contributed by atoms with E-state index < -0.39 is 11.2 Å². The first-order chi connectivity index (χ1) is 13.3. The van der Waals surface area contributed by atoms with E-state index in [4.69, 9.17) is 28.9 Å². The fourth-order valence-corrected chi connectivity index (χ4v) is 4.59. The molecule has 2 aromatic rings. The number of anilines is 1. The van der Waals surface area contributed by atoms with Crippen molar-refractivity contribution in [3.05, 3.63) is 74.2 Å². The van der Waals surface area contributed by atoms with Crippen LogP contribution >= 0.6 is 35.0 Å². The van der Waals surface area contributed by atoms with Crippen molar-refractivity contribution in [2.45, 2.75) is 18.6 Å². The number of hydrogen-bond donors (Lipinski definition) is 1. The zero-order valence-electron chi connectivity index (χ0n) is 14.8. The third-order valence-corrected chi connectivity index (χ3v) is 6.06. The molecule has 142 valence electrons. The number of amides is 2. The predicted molar refractivity (Wildman–Crippen MR) is 112 cm³/mol. The summed E-state index contributed by atoms with van der Waals surface area (Å²) < 4.78 is 0. The van der Waals surface area contributed by atoms with Crippen LogP contribution in [0.25, 0.3) is 0 Å². The molecule has 0 aromatic heterocycles. The smallest absolute Gasteiger partial charge is 0.262 e. The second-order valence-electron chi connectivity index (χ2n) is 6.22. The van der Waals surface area contributed by atoms with E-state index in [2.05, 4.69) is 0 Å². The van der Waals surface area contributed by atoms with Crippen molar-refractivity contribution in [1.82, 2.24) is 0 Å². The molecular formula is C20H15Cl2N3O2S. The van der Waals surface area contributed by atoms with E-state index in [1.54, 1.807) is 30.3 Å². The minimum absolute atomic E-state index is 0.230. The van der Waals surface area contributed by atoms with Gasteiger partial charge in [0.15, 0.2) is 0 Å². The zero-order valence-corrected chi connectivity index (χ0v) is 17.1. The number of primary amides is 1. The maximum Gasteiger partial charge on any atom is 0.262 e. The Morgan fingerprint density at radius 2 is 2.04 bits per heavy atom. The molecule has 2 aromatic carbocycles. The van der Waals surface area contributed by atoms with Crippen LogP contribution in [0.1, 0.15) is 11.1 Å². The normalized spacial score (nSPS) is 18.1. The van der Waals surface area contributed by atoms with Crippen molar-refractivity contribution in [1.29, 1.82) is 5.26 Å². The van der Waals surface area contributed by atoms with Gasteiger partial charge in [0.1, 0.15) is 16.7 Å². The van der Waals surface area contributed by atoms with Gasteiger partial charge in [0, 0.05) is 15.7 Å². The van der Waals surface area contributed by atoms with Crippen LogP contribution < -0.4 is 10.6 Å². The van der Waals surface area contributed by atoms with Crippen LogP contribution in [0.2, 0.25) is 10.0 Å². The number of benzene rings is 2. The van der Waals surface area contributed by atoms with Gasteiger partial charge in [-0.1, -0.05) is 47.1 Å². The number of carbonyl (C=O) groups is 2. The summed E-state index contributed by atoms with van der Waals surface area (Å²) in [6.45, 7) is 1.89. The molecule has 28 heavy (non-hydrogen) atoms. The monoisotopic (exact) mass is 431 g/mol. The molecule has 3 rings (SSSR count). The van der Waals surface area contributed by atoms with Crippen molar-refractivity contribution in [2.24, 2.45) is 5.73 Å². The van der Waals surface area contributed by atoms with Gasteiger partial charge < -0.3 is 5.73 Å². The molecule has 1 saturated heterocycles. The predicted octanol–water partition coefficient (Wildman–Crippen LogP) is 4.21. The summed E-state index contributed by atoms with van der Waals surface area (Å²) in [7, 11) is 0. The van der Waals surface area contributed by atoms with Gasteiger partial charge in [-0.15, -0.1) is 0 Å². The first-order valence-corrected chi connectivity index (χ1v) is 9.90. The lowest BCUT2D eigenvalue weighted by atomic mass is 10.1. The topological polar surface area (TPSA) is 87.2 Å². The van der Waals surface area contributed by atoms with E-state index in [1.165, 1.54) is 4.90 Å². The fourth-order valence-electron chi connectivity index (χ4n) is 2.90. The van der Waals surface area contributed by atoms with E-state index in [9.17, 15) is 14.9 Å². The van der Waals surface area contributed by atoms with E-state index in [-0.39, 0.29) is 16.5 Å². The van der Waals surface area contributed by atoms with Crippen LogP contribution in [0.15, 0.2) is 53.1 Å². The second-order valence-corrected chi connectivity index (χ2v) is 8.25. The Hall–Kier alpha value is -2.46. The molecule has 2 amide bonds. The standard InChI is InChI=1S/C20H15Cl2N3O2S/c1-11-3-2-4-14(7-11)25-19(27)17(28-20(25)15(10-23)18(24)26)9-12-8-13(21)5-6-16(12)22/h2-8,17H,9H2,1H3,(H2,24,26)/b20-15-/t17-/m0/s1. The molecule has 5 nitrogen and oxygen atoms in total. The van der Waals surface area contributed by atoms with Crippen molar-refractivity contribution < 1.29 is 9.59 Å². The number of nitriles is 1. The van der Waals surface area contributed by atoms with Gasteiger partial charge in [0.25, 0.3) is 5.91 Å². The Morgan fingerprint density at radius 1 is 1.29 bits per heavy atom. The molecular weight excluding hydrogens is 417 g/mol. The van der Waals surface area contributed by atoms with Gasteiger partial charge in [-0.05, 0) is 54.8 Å². The van der Waals surface area contributed by atoms with Gasteiger partial charge in [0.05, 0.1) is 5.25 Å². The highest BCUT2D eigenvalue weighted by Crippen LogP contribution is 2.42. The highest BCUT2D eigenvalue weighted by Gasteiger charge is 2.40. The largest absolute Gasteiger partial charge is 0.365 e. The van der Waals surface area contributed by atoms with Gasteiger partial charge in [0.2, 0.25) is 5.91 Å². The summed E-state index contributed by atoms with van der Waals surface area (Å²) in [4.78, 5) is 26.4. The lowest BCUT2D eigenvalue weighted by Gasteiger charge is -2.18. The molecule has 0 radical (unpaired) electrons. The third-order valence-electron chi connectivity index (χ3n) is 4.20. The van der Waals surface area contributed by atoms with E-state index >= 15 is 0 Å². The summed E-state index contributed by atoms with van der Waals surface area (Å²) in [5, 5.41) is 10.1. The summed E-state index contributed by atoms with van der Waals surface area (Å²) in [5.41, 5.74) is 7.35. The molecule has 0 bridgehead atoms. The molecule has 1 fully saturated rings. The number of rotatable bonds is 4. The molecule has 1 aliphatic rings. The van der Waals surface area contributed by atoms with E-state index in [0.717, 1.165) is 17.3 Å². The van der Waals surface area contributed by atoms with Gasteiger partial charge in [-0.2, -0.15) is 5.26 Å². The maximum absolute atomic E-state index is 13.2. The number of hydrogen-bond acceptors (Lipinski definition) is 4. The van der Waals surface area contributed by atoms with Crippen LogP contribution in [0.4, 0.5) is 5.69 Å². The number of aryl methyl sites for hydroxylation is 1. The number of nitrogens with two attached hydrogens (primary N) is 1. The molecule has 0 aliphatic carbocycles. The Morgan fingerprint density at radius 3 is 2.68 bits per heavy atom. The fraction of sp³-hybridized carbons (Fsp3) is 0.150. The Labute approximate surface area is 176 Å². The molecule has 1 atom stereocenters. The zero-order chi connectivity index (χ0) is 20.4. The number of nitrogens with zero attached hydrogens (tertiary/aromatic N) is 2. The molecule has 1 heterocycles. The molecule has 0 spiro atoms. The van der Waals surface area contributed by atoms with Crippen molar-refractivity contribution in [2.75, 3.05) is 4.90 Å². The van der Waals surface area contributed by atoms with Gasteiger partial charge in [-0.3, -0.25) is 14.5 Å². The quantitative estimate of drug-likeness (QED) is 0.579. The SMILES string of the molecule is Cc1cccc(N2C(=O)[C@H](Cc3cc(Cl)ccc3Cl)S/C2=C(/C#N)C(N)=O)c1. The number of carbonyl (C=O) groups excluding carboxylic acids is 2. The van der Waals surface area contributed by atoms with Crippen molar-refractivity contribution in [3.63, 3.8) is 0 Å². The first-order valence-electron chi connectivity index (χ1n) is 8.27. The van der Waals surface area contributed by atoms with Crippen molar-refractivity contribution >= 4 is 52.5 Å². The molecule has 2 N–H and O–H groups in total. The van der Waals surface area contributed by atoms with Crippen molar-refractivity contribution in [3.8, 4) is 6.07 Å². The van der Waals surface area contributed by atoms with Gasteiger partial charge >= 0.3 is 0 Å². The highest BCUT2D eigenvalue weighted by molar-refractivity contribution is 8.05. The highest BCUT2D eigenvalue weighted by atomic mass is 35.5. The van der Waals surface area contributed by atoms with E-state index in [1.807, 2.05) is 25.1 Å². The first kappa shape index (κ1) is 20.3. The lowest BCUT2D eigenvalue weighted by molar-refractivity contribution is -0.117. The van der Waals surface area contributed by atoms with Gasteiger partial charge in [-0.25, -0.2) is 0 Å². The van der Waals surface area contributed by atoms with Crippen LogP contribution in [-0.4, -0.2) is 17.1 Å². The summed E-state index contributed by atoms with van der Waals surface area (Å²) in [6.07, 6.45) is 0.298. The minimum Gasteiger partial charge on any atom is -0.365 e. The maximum atomic E-state index is 13.2. The van der Waals surface area contributed by atoms with Crippen LogP contribution in [0.3, 0.4) is 0 Å². The molecule has 0 saturated carbocycles. The Kier molecular flexibility index (Phi) is 5.99.